The fourth-order valence-corrected chi connectivity index (χ4v) is 5.02. The third kappa shape index (κ3) is 3.04. The standard InChI is InChI=1S/C21H23N3O2S/c1-22(2)21(26)19-11-10-18(27-19)17-9-6-12-24(17)20(25)15-13-23(3)16-8-5-4-7-14(15)16/h4-5,7-8,10-11,13,17H,6,9,12H2,1-3H3/t17-/m1/s1. The van der Waals surface area contributed by atoms with E-state index in [0.717, 1.165) is 45.6 Å². The van der Waals surface area contributed by atoms with Gasteiger partial charge in [0.25, 0.3) is 11.8 Å². The molecule has 2 aromatic heterocycles. The summed E-state index contributed by atoms with van der Waals surface area (Å²) >= 11 is 1.50. The van der Waals surface area contributed by atoms with Crippen LogP contribution in [0.4, 0.5) is 0 Å². The van der Waals surface area contributed by atoms with Crippen LogP contribution in [0.15, 0.2) is 42.6 Å². The van der Waals surface area contributed by atoms with Crippen LogP contribution in [-0.4, -0.2) is 46.8 Å². The number of rotatable bonds is 3. The summed E-state index contributed by atoms with van der Waals surface area (Å²) in [7, 11) is 5.49. The Labute approximate surface area is 162 Å². The molecule has 140 valence electrons. The first kappa shape index (κ1) is 17.8. The molecule has 2 amide bonds. The van der Waals surface area contributed by atoms with E-state index in [9.17, 15) is 9.59 Å². The molecule has 0 N–H and O–H groups in total. The number of hydrogen-bond acceptors (Lipinski definition) is 3. The van der Waals surface area contributed by atoms with Crippen molar-refractivity contribution >= 4 is 34.1 Å². The number of fused-ring (bicyclic) bond motifs is 1. The predicted octanol–water partition coefficient (Wildman–Crippen LogP) is 3.92. The highest BCUT2D eigenvalue weighted by molar-refractivity contribution is 7.14. The molecule has 0 bridgehead atoms. The van der Waals surface area contributed by atoms with Gasteiger partial charge in [-0.1, -0.05) is 18.2 Å². The van der Waals surface area contributed by atoms with Gasteiger partial charge in [-0.3, -0.25) is 9.59 Å². The molecule has 1 saturated heterocycles. The number of carbonyl (C=O) groups excluding carboxylic acids is 2. The highest BCUT2D eigenvalue weighted by atomic mass is 32.1. The molecule has 27 heavy (non-hydrogen) atoms. The smallest absolute Gasteiger partial charge is 0.263 e. The first-order chi connectivity index (χ1) is 13.0. The largest absolute Gasteiger partial charge is 0.350 e. The molecule has 6 heteroatoms. The van der Waals surface area contributed by atoms with Gasteiger partial charge in [0.2, 0.25) is 0 Å². The van der Waals surface area contributed by atoms with Gasteiger partial charge in [0.15, 0.2) is 0 Å². The quantitative estimate of drug-likeness (QED) is 0.690. The van der Waals surface area contributed by atoms with Crippen LogP contribution >= 0.6 is 11.3 Å². The summed E-state index contributed by atoms with van der Waals surface area (Å²) in [5, 5.41) is 0.991. The number of aromatic nitrogens is 1. The van der Waals surface area contributed by atoms with E-state index in [0.29, 0.717) is 0 Å². The molecule has 5 nitrogen and oxygen atoms in total. The van der Waals surface area contributed by atoms with Crippen molar-refractivity contribution in [1.29, 1.82) is 0 Å². The Morgan fingerprint density at radius 2 is 1.93 bits per heavy atom. The number of thiophene rings is 1. The van der Waals surface area contributed by atoms with E-state index in [2.05, 4.69) is 0 Å². The average molecular weight is 382 g/mol. The predicted molar refractivity (Wildman–Crippen MR) is 108 cm³/mol. The van der Waals surface area contributed by atoms with E-state index in [1.807, 2.05) is 59.1 Å². The summed E-state index contributed by atoms with van der Waals surface area (Å²) in [6.45, 7) is 0.752. The molecule has 1 aromatic carbocycles. The summed E-state index contributed by atoms with van der Waals surface area (Å²) < 4.78 is 2.01. The summed E-state index contributed by atoms with van der Waals surface area (Å²) in [6.07, 6.45) is 3.85. The summed E-state index contributed by atoms with van der Waals surface area (Å²) in [4.78, 5) is 30.9. The van der Waals surface area contributed by atoms with Crippen LogP contribution in [0, 0.1) is 0 Å². The minimum absolute atomic E-state index is 0.0103. The Hall–Kier alpha value is -2.60. The van der Waals surface area contributed by atoms with Crippen LogP contribution in [0.1, 0.15) is 43.8 Å². The second-order valence-electron chi connectivity index (χ2n) is 7.23. The molecule has 1 fully saturated rings. The van der Waals surface area contributed by atoms with Crippen molar-refractivity contribution in [2.75, 3.05) is 20.6 Å². The number of carbonyl (C=O) groups is 2. The van der Waals surface area contributed by atoms with Gasteiger partial charge in [-0.25, -0.2) is 0 Å². The van der Waals surface area contributed by atoms with Crippen LogP contribution in [0.5, 0.6) is 0 Å². The highest BCUT2D eigenvalue weighted by Gasteiger charge is 2.33. The number of amides is 2. The molecule has 0 spiro atoms. The van der Waals surface area contributed by atoms with Crippen molar-refractivity contribution in [3.8, 4) is 0 Å². The third-order valence-electron chi connectivity index (χ3n) is 5.21. The van der Waals surface area contributed by atoms with Crippen LogP contribution in [0.3, 0.4) is 0 Å². The van der Waals surface area contributed by atoms with Crippen molar-refractivity contribution < 1.29 is 9.59 Å². The van der Waals surface area contributed by atoms with Gasteiger partial charge in [-0.05, 0) is 31.0 Å². The van der Waals surface area contributed by atoms with Gasteiger partial charge in [0.1, 0.15) is 0 Å². The lowest BCUT2D eigenvalue weighted by Gasteiger charge is -2.23. The van der Waals surface area contributed by atoms with Crippen molar-refractivity contribution in [2.24, 2.45) is 7.05 Å². The molecule has 3 aromatic rings. The number of para-hydroxylation sites is 1. The number of benzene rings is 1. The fraction of sp³-hybridized carbons (Fsp3) is 0.333. The molecular formula is C21H23N3O2S. The second kappa shape index (κ2) is 6.85. The van der Waals surface area contributed by atoms with E-state index >= 15 is 0 Å². The maximum Gasteiger partial charge on any atom is 0.263 e. The SMILES string of the molecule is CN(C)C(=O)c1ccc([C@H]2CCCN2C(=O)c2cn(C)c3ccccc23)s1. The number of nitrogens with zero attached hydrogens (tertiary/aromatic N) is 3. The Morgan fingerprint density at radius 3 is 2.70 bits per heavy atom. The van der Waals surface area contributed by atoms with E-state index in [4.69, 9.17) is 0 Å². The molecule has 1 aliphatic heterocycles. The van der Waals surface area contributed by atoms with E-state index in [1.54, 1.807) is 19.0 Å². The summed E-state index contributed by atoms with van der Waals surface area (Å²) in [5.41, 5.74) is 1.81. The van der Waals surface area contributed by atoms with Crippen LogP contribution < -0.4 is 0 Å². The topological polar surface area (TPSA) is 45.6 Å². The van der Waals surface area contributed by atoms with E-state index < -0.39 is 0 Å². The Balaban J connectivity index is 1.65. The van der Waals surface area contributed by atoms with Crippen LogP contribution in [-0.2, 0) is 7.05 Å². The maximum absolute atomic E-state index is 13.3. The normalized spacial score (nSPS) is 16.9. The maximum atomic E-state index is 13.3. The molecule has 0 aliphatic carbocycles. The van der Waals surface area contributed by atoms with Crippen molar-refractivity contribution in [3.63, 3.8) is 0 Å². The van der Waals surface area contributed by atoms with Gasteiger partial charge < -0.3 is 14.4 Å². The third-order valence-corrected chi connectivity index (χ3v) is 6.39. The Kier molecular flexibility index (Phi) is 4.52. The molecular weight excluding hydrogens is 358 g/mol. The minimum atomic E-state index is 0.0103. The van der Waals surface area contributed by atoms with Crippen molar-refractivity contribution in [3.05, 3.63) is 57.9 Å². The molecule has 0 unspecified atom stereocenters. The van der Waals surface area contributed by atoms with E-state index in [1.165, 1.54) is 11.3 Å². The minimum Gasteiger partial charge on any atom is -0.350 e. The van der Waals surface area contributed by atoms with Crippen LogP contribution in [0.25, 0.3) is 10.9 Å². The molecule has 3 heterocycles. The second-order valence-corrected chi connectivity index (χ2v) is 8.34. The lowest BCUT2D eigenvalue weighted by Crippen LogP contribution is -2.30. The Bertz CT molecular complexity index is 1020. The number of likely N-dealkylation sites (tertiary alicyclic amines) is 1. The number of hydrogen-bond donors (Lipinski definition) is 0. The van der Waals surface area contributed by atoms with Gasteiger partial charge >= 0.3 is 0 Å². The molecule has 0 radical (unpaired) electrons. The van der Waals surface area contributed by atoms with Gasteiger partial charge in [-0.2, -0.15) is 0 Å². The molecule has 4 rings (SSSR count). The molecule has 0 saturated carbocycles. The lowest BCUT2D eigenvalue weighted by atomic mass is 10.1. The average Bonchev–Trinajstić information content (AvgIpc) is 3.39. The van der Waals surface area contributed by atoms with E-state index in [-0.39, 0.29) is 17.9 Å². The molecule has 1 aliphatic rings. The highest BCUT2D eigenvalue weighted by Crippen LogP contribution is 2.38. The van der Waals surface area contributed by atoms with Gasteiger partial charge in [0, 0.05) is 49.7 Å². The zero-order chi connectivity index (χ0) is 19.1. The summed E-state index contributed by atoms with van der Waals surface area (Å²) in [5.74, 6) is 0.0827. The summed E-state index contributed by atoms with van der Waals surface area (Å²) in [6, 6.07) is 11.9. The fourth-order valence-electron chi connectivity index (χ4n) is 3.84. The number of aryl methyl sites for hydroxylation is 1. The molecule has 1 atom stereocenters. The van der Waals surface area contributed by atoms with Crippen molar-refractivity contribution in [2.45, 2.75) is 18.9 Å². The van der Waals surface area contributed by atoms with Gasteiger partial charge in [0.05, 0.1) is 16.5 Å². The Morgan fingerprint density at radius 1 is 1.15 bits per heavy atom. The first-order valence-electron chi connectivity index (χ1n) is 9.14. The monoisotopic (exact) mass is 381 g/mol. The zero-order valence-corrected chi connectivity index (χ0v) is 16.6. The zero-order valence-electron chi connectivity index (χ0n) is 15.8. The van der Waals surface area contributed by atoms with Crippen molar-refractivity contribution in [1.82, 2.24) is 14.4 Å². The first-order valence-corrected chi connectivity index (χ1v) is 9.95. The van der Waals surface area contributed by atoms with Crippen LogP contribution in [0.2, 0.25) is 0 Å². The van der Waals surface area contributed by atoms with Gasteiger partial charge in [-0.15, -0.1) is 11.3 Å². The lowest BCUT2D eigenvalue weighted by molar-refractivity contribution is 0.0739.